The molecule has 4 nitrogen and oxygen atoms in total. The van der Waals surface area contributed by atoms with E-state index in [0.717, 1.165) is 10.4 Å². The molecule has 0 aliphatic heterocycles. The number of halogens is 1. The summed E-state index contributed by atoms with van der Waals surface area (Å²) >= 11 is 1.65. The van der Waals surface area contributed by atoms with E-state index in [1.54, 1.807) is 33.3 Å². The van der Waals surface area contributed by atoms with E-state index in [-0.39, 0.29) is 36.0 Å². The maximum Gasteiger partial charge on any atom is 0.242 e. The number of carbonyl (C=O) groups is 2. The summed E-state index contributed by atoms with van der Waals surface area (Å²) in [5, 5.41) is 0. The smallest absolute Gasteiger partial charge is 0.242 e. The topological polar surface area (TPSA) is 40.6 Å². The molecule has 1 aromatic carbocycles. The average molecular weight is 419 g/mol. The van der Waals surface area contributed by atoms with Crippen LogP contribution in [-0.2, 0) is 22.7 Å². The van der Waals surface area contributed by atoms with Gasteiger partial charge in [-0.2, -0.15) is 0 Å². The molecule has 29 heavy (non-hydrogen) atoms. The Bertz CT molecular complexity index is 815. The van der Waals surface area contributed by atoms with Crippen LogP contribution in [0.25, 0.3) is 0 Å². The third-order valence-corrected chi connectivity index (χ3v) is 5.48. The van der Waals surface area contributed by atoms with E-state index in [1.165, 1.54) is 17.0 Å². The second kappa shape index (κ2) is 10.5. The Kier molecular flexibility index (Phi) is 8.38. The lowest BCUT2D eigenvalue weighted by Gasteiger charge is -2.29. The Morgan fingerprint density at radius 2 is 1.62 bits per heavy atom. The minimum Gasteiger partial charge on any atom is -0.333 e. The minimum absolute atomic E-state index is 0.0132. The van der Waals surface area contributed by atoms with Crippen molar-refractivity contribution in [3.63, 3.8) is 0 Å². The van der Waals surface area contributed by atoms with E-state index in [4.69, 9.17) is 0 Å². The highest BCUT2D eigenvalue weighted by atomic mass is 32.1. The summed E-state index contributed by atoms with van der Waals surface area (Å²) in [7, 11) is 0. The molecule has 0 radical (unpaired) electrons. The number of benzene rings is 1. The van der Waals surface area contributed by atoms with Crippen molar-refractivity contribution in [1.82, 2.24) is 9.80 Å². The van der Waals surface area contributed by atoms with E-state index < -0.39 is 0 Å². The first-order valence-electron chi connectivity index (χ1n) is 10.0. The Labute approximate surface area is 177 Å². The van der Waals surface area contributed by atoms with Crippen LogP contribution in [0.4, 0.5) is 4.39 Å². The minimum atomic E-state index is -0.300. The maximum absolute atomic E-state index is 13.3. The predicted molar refractivity (Wildman–Crippen MR) is 116 cm³/mol. The van der Waals surface area contributed by atoms with Gasteiger partial charge in [0.1, 0.15) is 5.82 Å². The highest BCUT2D eigenvalue weighted by Gasteiger charge is 2.24. The van der Waals surface area contributed by atoms with Gasteiger partial charge in [-0.05, 0) is 42.7 Å². The summed E-state index contributed by atoms with van der Waals surface area (Å²) in [4.78, 5) is 31.5. The van der Waals surface area contributed by atoms with Gasteiger partial charge >= 0.3 is 0 Å². The molecule has 0 saturated heterocycles. The van der Waals surface area contributed by atoms with Crippen LogP contribution in [0.1, 0.15) is 43.0 Å². The highest BCUT2D eigenvalue weighted by Crippen LogP contribution is 2.19. The zero-order chi connectivity index (χ0) is 21.6. The maximum atomic E-state index is 13.3. The third kappa shape index (κ3) is 7.28. The van der Waals surface area contributed by atoms with E-state index >= 15 is 0 Å². The van der Waals surface area contributed by atoms with Gasteiger partial charge < -0.3 is 9.80 Å². The van der Waals surface area contributed by atoms with Crippen molar-refractivity contribution in [2.75, 3.05) is 13.1 Å². The van der Waals surface area contributed by atoms with Gasteiger partial charge in [0.2, 0.25) is 11.8 Å². The molecule has 0 unspecified atom stereocenters. The van der Waals surface area contributed by atoms with Crippen LogP contribution in [0.15, 0.2) is 36.4 Å². The lowest BCUT2D eigenvalue weighted by atomic mass is 10.1. The van der Waals surface area contributed by atoms with Crippen molar-refractivity contribution in [1.29, 1.82) is 0 Å². The first-order valence-corrected chi connectivity index (χ1v) is 10.8. The lowest BCUT2D eigenvalue weighted by Crippen LogP contribution is -2.45. The zero-order valence-electron chi connectivity index (χ0n) is 17.9. The number of hydrogen-bond acceptors (Lipinski definition) is 3. The molecule has 1 heterocycles. The number of amides is 2. The van der Waals surface area contributed by atoms with Gasteiger partial charge in [0, 0.05) is 28.8 Å². The predicted octanol–water partition coefficient (Wildman–Crippen LogP) is 4.87. The first kappa shape index (κ1) is 23.1. The molecule has 0 N–H and O–H groups in total. The average Bonchev–Trinajstić information content (AvgIpc) is 3.06. The summed E-state index contributed by atoms with van der Waals surface area (Å²) in [6.45, 7) is 11.3. The van der Waals surface area contributed by atoms with E-state index in [9.17, 15) is 14.0 Å². The van der Waals surface area contributed by atoms with Crippen molar-refractivity contribution >= 4 is 23.2 Å². The second-order valence-corrected chi connectivity index (χ2v) is 9.53. The Morgan fingerprint density at radius 3 is 2.14 bits per heavy atom. The molecule has 0 fully saturated rings. The Balaban J connectivity index is 2.21. The molecule has 2 aromatic rings. The van der Waals surface area contributed by atoms with Gasteiger partial charge in [-0.25, -0.2) is 4.39 Å². The molecule has 0 aliphatic carbocycles. The standard InChI is InChI=1S/C23H31FN2O2S/c1-16(2)12-26(23(28)17(3)4)15-22(27)25(14-21-11-6-18(5)29-21)13-19-7-9-20(24)10-8-19/h6-11,16-17H,12-15H2,1-5H3. The molecule has 1 aromatic heterocycles. The fourth-order valence-electron chi connectivity index (χ4n) is 3.10. The summed E-state index contributed by atoms with van der Waals surface area (Å²) in [6, 6.07) is 10.3. The van der Waals surface area contributed by atoms with Gasteiger partial charge in [-0.15, -0.1) is 11.3 Å². The number of hydrogen-bond donors (Lipinski definition) is 0. The largest absolute Gasteiger partial charge is 0.333 e. The zero-order valence-corrected chi connectivity index (χ0v) is 18.8. The Hall–Kier alpha value is -2.21. The lowest BCUT2D eigenvalue weighted by molar-refractivity contribution is -0.143. The van der Waals surface area contributed by atoms with E-state index in [1.807, 2.05) is 46.8 Å². The van der Waals surface area contributed by atoms with Crippen molar-refractivity contribution in [2.45, 2.75) is 47.7 Å². The molecule has 0 saturated carbocycles. The fraction of sp³-hybridized carbons (Fsp3) is 0.478. The number of nitrogens with zero attached hydrogens (tertiary/aromatic N) is 2. The Morgan fingerprint density at radius 1 is 0.966 bits per heavy atom. The fourth-order valence-corrected chi connectivity index (χ4v) is 4.01. The summed E-state index contributed by atoms with van der Waals surface area (Å²) in [5.74, 6) is -0.301. The molecule has 2 amide bonds. The van der Waals surface area contributed by atoms with Crippen LogP contribution in [0, 0.1) is 24.6 Å². The molecule has 0 bridgehead atoms. The van der Waals surface area contributed by atoms with Crippen molar-refractivity contribution in [3.8, 4) is 0 Å². The quantitative estimate of drug-likeness (QED) is 0.583. The summed E-state index contributed by atoms with van der Waals surface area (Å²) in [6.07, 6.45) is 0. The van der Waals surface area contributed by atoms with E-state index in [0.29, 0.717) is 19.6 Å². The first-order chi connectivity index (χ1) is 13.7. The van der Waals surface area contributed by atoms with Crippen LogP contribution < -0.4 is 0 Å². The summed E-state index contributed by atoms with van der Waals surface area (Å²) < 4.78 is 13.3. The SMILES string of the molecule is Cc1ccc(CN(Cc2ccc(F)cc2)C(=O)CN(CC(C)C)C(=O)C(C)C)s1. The van der Waals surface area contributed by atoms with E-state index in [2.05, 4.69) is 0 Å². The second-order valence-electron chi connectivity index (χ2n) is 8.16. The highest BCUT2D eigenvalue weighted by molar-refractivity contribution is 7.11. The molecule has 0 spiro atoms. The van der Waals surface area contributed by atoms with Crippen LogP contribution in [-0.4, -0.2) is 34.7 Å². The van der Waals surface area contributed by atoms with Crippen LogP contribution in [0.5, 0.6) is 0 Å². The van der Waals surface area contributed by atoms with Gasteiger partial charge in [0.05, 0.1) is 13.1 Å². The molecule has 158 valence electrons. The number of aryl methyl sites for hydroxylation is 1. The van der Waals surface area contributed by atoms with Gasteiger partial charge in [-0.3, -0.25) is 9.59 Å². The number of rotatable bonds is 9. The summed E-state index contributed by atoms with van der Waals surface area (Å²) in [5.41, 5.74) is 0.860. The van der Waals surface area contributed by atoms with Gasteiger partial charge in [-0.1, -0.05) is 39.8 Å². The third-order valence-electron chi connectivity index (χ3n) is 4.50. The molecule has 2 rings (SSSR count). The molecule has 0 aliphatic rings. The van der Waals surface area contributed by atoms with Crippen LogP contribution in [0.2, 0.25) is 0 Å². The monoisotopic (exact) mass is 418 g/mol. The molecule has 6 heteroatoms. The number of carbonyl (C=O) groups excluding carboxylic acids is 2. The molecular formula is C23H31FN2O2S. The number of thiophene rings is 1. The van der Waals surface area contributed by atoms with Crippen molar-refractivity contribution < 1.29 is 14.0 Å². The molecule has 0 atom stereocenters. The van der Waals surface area contributed by atoms with Gasteiger partial charge in [0.15, 0.2) is 0 Å². The normalized spacial score (nSPS) is 11.2. The van der Waals surface area contributed by atoms with Crippen molar-refractivity contribution in [3.05, 3.63) is 57.5 Å². The van der Waals surface area contributed by atoms with Gasteiger partial charge in [0.25, 0.3) is 0 Å². The van der Waals surface area contributed by atoms with Crippen LogP contribution in [0.3, 0.4) is 0 Å². The van der Waals surface area contributed by atoms with Crippen molar-refractivity contribution in [2.24, 2.45) is 11.8 Å². The molecular weight excluding hydrogens is 387 g/mol. The van der Waals surface area contributed by atoms with Crippen LogP contribution >= 0.6 is 11.3 Å².